The van der Waals surface area contributed by atoms with Gasteiger partial charge in [0.1, 0.15) is 0 Å². The zero-order chi connectivity index (χ0) is 10.5. The van der Waals surface area contributed by atoms with Gasteiger partial charge >= 0.3 is 12.8 Å². The van der Waals surface area contributed by atoms with E-state index < -0.39 is 12.8 Å². The Morgan fingerprint density at radius 2 is 2.31 bits per heavy atom. The first kappa shape index (κ1) is 12.8. The molecule has 0 aromatic heterocycles. The number of carbonyl (C=O) groups excluding carboxylic acids is 1. The van der Waals surface area contributed by atoms with Crippen molar-refractivity contribution >= 4 is 24.2 Å². The van der Waals surface area contributed by atoms with Crippen LogP contribution in [0.3, 0.4) is 0 Å². The summed E-state index contributed by atoms with van der Waals surface area (Å²) >= 11 is 0.996. The lowest BCUT2D eigenvalue weighted by Crippen LogP contribution is -2.19. The van der Waals surface area contributed by atoms with Gasteiger partial charge in [-0.1, -0.05) is 13.8 Å². The highest BCUT2D eigenvalue weighted by atomic mass is 32.7. The Bertz CT molecular complexity index is 224. The number of hydrogen-bond donors (Lipinski definition) is 2. The van der Waals surface area contributed by atoms with Crippen LogP contribution in [0, 0.1) is 0 Å². The highest BCUT2D eigenvalue weighted by Crippen LogP contribution is 2.54. The van der Waals surface area contributed by atoms with E-state index in [2.05, 4.69) is 9.84 Å². The predicted molar refractivity (Wildman–Crippen MR) is 54.7 cm³/mol. The number of nitrogens with two attached hydrogens (primary N) is 1. The van der Waals surface area contributed by atoms with Gasteiger partial charge < -0.3 is 9.84 Å². The average molecular weight is 226 g/mol. The summed E-state index contributed by atoms with van der Waals surface area (Å²) in [5.41, 5.74) is 5.31. The number of rotatable bonds is 4. The standard InChI is InChI=1S/C6H15N2O3PS/c1-4-5(2)13-12(7,10)11-6(9)8-3/h5H,4H2,1-3H3,(H2,7,10)(H,8,9). The Kier molecular flexibility index (Phi) is 5.44. The van der Waals surface area contributed by atoms with Gasteiger partial charge in [-0.05, 0) is 17.8 Å². The molecule has 7 heteroatoms. The summed E-state index contributed by atoms with van der Waals surface area (Å²) < 4.78 is 15.9. The maximum Gasteiger partial charge on any atom is 0.413 e. The van der Waals surface area contributed by atoms with Gasteiger partial charge in [-0.2, -0.15) is 0 Å². The van der Waals surface area contributed by atoms with E-state index in [-0.39, 0.29) is 5.25 Å². The first-order chi connectivity index (χ1) is 5.91. The van der Waals surface area contributed by atoms with Gasteiger partial charge in [0.25, 0.3) is 0 Å². The lowest BCUT2D eigenvalue weighted by atomic mass is 10.4. The van der Waals surface area contributed by atoms with Gasteiger partial charge in [0.05, 0.1) is 0 Å². The molecule has 0 saturated heterocycles. The molecule has 3 N–H and O–H groups in total. The van der Waals surface area contributed by atoms with Crippen LogP contribution in [0.5, 0.6) is 0 Å². The number of nitrogens with one attached hydrogen (secondary N) is 1. The molecule has 0 aromatic carbocycles. The number of carbonyl (C=O) groups is 1. The van der Waals surface area contributed by atoms with Gasteiger partial charge in [-0.3, -0.25) is 0 Å². The zero-order valence-corrected chi connectivity index (χ0v) is 9.65. The van der Waals surface area contributed by atoms with E-state index in [9.17, 15) is 9.36 Å². The largest absolute Gasteiger partial charge is 0.413 e. The highest BCUT2D eigenvalue weighted by Gasteiger charge is 2.24. The fourth-order valence-corrected chi connectivity index (χ4v) is 3.81. The van der Waals surface area contributed by atoms with E-state index in [1.165, 1.54) is 7.05 Å². The Morgan fingerprint density at radius 1 is 1.77 bits per heavy atom. The van der Waals surface area contributed by atoms with Crippen LogP contribution < -0.4 is 10.8 Å². The third-order valence-electron chi connectivity index (χ3n) is 1.32. The van der Waals surface area contributed by atoms with E-state index in [0.29, 0.717) is 0 Å². The Morgan fingerprint density at radius 3 is 2.69 bits per heavy atom. The van der Waals surface area contributed by atoms with Gasteiger partial charge in [0.15, 0.2) is 0 Å². The summed E-state index contributed by atoms with van der Waals surface area (Å²) in [6, 6.07) is 0. The van der Waals surface area contributed by atoms with Gasteiger partial charge in [-0.25, -0.2) is 14.9 Å². The minimum absolute atomic E-state index is 0.112. The molecule has 0 aliphatic rings. The van der Waals surface area contributed by atoms with E-state index in [1.54, 1.807) is 0 Å². The van der Waals surface area contributed by atoms with Gasteiger partial charge in [0.2, 0.25) is 0 Å². The Labute approximate surface area is 82.0 Å². The van der Waals surface area contributed by atoms with Crippen molar-refractivity contribution in [2.75, 3.05) is 7.05 Å². The van der Waals surface area contributed by atoms with Crippen LogP contribution in [0.4, 0.5) is 4.79 Å². The fraction of sp³-hybridized carbons (Fsp3) is 0.833. The van der Waals surface area contributed by atoms with E-state index >= 15 is 0 Å². The molecule has 0 aliphatic heterocycles. The SMILES string of the molecule is CCC(C)SP(N)(=O)OC(=O)NC. The van der Waals surface area contributed by atoms with Crippen LogP contribution in [0.1, 0.15) is 20.3 Å². The molecule has 0 radical (unpaired) electrons. The lowest BCUT2D eigenvalue weighted by Gasteiger charge is -2.15. The third-order valence-corrected chi connectivity index (χ3v) is 4.91. The van der Waals surface area contributed by atoms with Crippen LogP contribution in [-0.4, -0.2) is 18.4 Å². The monoisotopic (exact) mass is 226 g/mol. The molecule has 5 nitrogen and oxygen atoms in total. The molecular formula is C6H15N2O3PS. The van der Waals surface area contributed by atoms with Crippen molar-refractivity contribution in [2.24, 2.45) is 5.50 Å². The minimum Gasteiger partial charge on any atom is -0.376 e. The topological polar surface area (TPSA) is 81.4 Å². The first-order valence-corrected chi connectivity index (χ1v) is 7.07. The molecule has 78 valence electrons. The second-order valence-corrected chi connectivity index (χ2v) is 6.93. The summed E-state index contributed by atoms with van der Waals surface area (Å²) in [5.74, 6) is 0. The summed E-state index contributed by atoms with van der Waals surface area (Å²) in [6.07, 6.45) is 0.0600. The van der Waals surface area contributed by atoms with E-state index in [0.717, 1.165) is 17.8 Å². The summed E-state index contributed by atoms with van der Waals surface area (Å²) in [7, 11) is 1.39. The van der Waals surface area contributed by atoms with Crippen molar-refractivity contribution in [3.05, 3.63) is 0 Å². The summed E-state index contributed by atoms with van der Waals surface area (Å²) in [5, 5.41) is 2.30. The maximum absolute atomic E-state index is 11.4. The predicted octanol–water partition coefficient (Wildman–Crippen LogP) is 1.94. The molecule has 0 rings (SSSR count). The quantitative estimate of drug-likeness (QED) is 0.716. The number of hydrogen-bond acceptors (Lipinski definition) is 4. The van der Waals surface area contributed by atoms with Crippen LogP contribution in [0.2, 0.25) is 0 Å². The van der Waals surface area contributed by atoms with Crippen LogP contribution >= 0.6 is 18.1 Å². The number of amides is 1. The first-order valence-electron chi connectivity index (χ1n) is 3.89. The maximum atomic E-state index is 11.4. The van der Waals surface area contributed by atoms with Crippen molar-refractivity contribution in [3.63, 3.8) is 0 Å². The van der Waals surface area contributed by atoms with E-state index in [1.807, 2.05) is 13.8 Å². The molecule has 1 amide bonds. The molecule has 0 bridgehead atoms. The summed E-state index contributed by atoms with van der Waals surface area (Å²) in [6.45, 7) is 0.481. The fourth-order valence-electron chi connectivity index (χ4n) is 0.508. The molecular weight excluding hydrogens is 211 g/mol. The molecule has 0 aliphatic carbocycles. The Balaban J connectivity index is 4.08. The Hall–Kier alpha value is -0.190. The molecule has 0 aromatic rings. The molecule has 0 spiro atoms. The molecule has 0 fully saturated rings. The smallest absolute Gasteiger partial charge is 0.376 e. The average Bonchev–Trinajstić information content (AvgIpc) is 2.02. The summed E-state index contributed by atoms with van der Waals surface area (Å²) in [4.78, 5) is 10.7. The second kappa shape index (κ2) is 5.52. The molecule has 2 unspecified atom stereocenters. The van der Waals surface area contributed by atoms with Crippen LogP contribution in [0.15, 0.2) is 0 Å². The molecule has 13 heavy (non-hydrogen) atoms. The van der Waals surface area contributed by atoms with Crippen molar-refractivity contribution in [1.82, 2.24) is 5.32 Å². The van der Waals surface area contributed by atoms with Crippen molar-refractivity contribution in [1.29, 1.82) is 0 Å². The van der Waals surface area contributed by atoms with E-state index in [4.69, 9.17) is 5.50 Å². The minimum atomic E-state index is -3.33. The highest BCUT2D eigenvalue weighted by molar-refractivity contribution is 8.56. The van der Waals surface area contributed by atoms with Crippen molar-refractivity contribution in [2.45, 2.75) is 25.5 Å². The molecule has 0 heterocycles. The second-order valence-electron chi connectivity index (χ2n) is 2.49. The van der Waals surface area contributed by atoms with Crippen molar-refractivity contribution in [3.8, 4) is 0 Å². The van der Waals surface area contributed by atoms with Gasteiger partial charge in [0, 0.05) is 12.3 Å². The van der Waals surface area contributed by atoms with Crippen molar-refractivity contribution < 1.29 is 13.9 Å². The normalized spacial score (nSPS) is 17.2. The van der Waals surface area contributed by atoms with Gasteiger partial charge in [-0.15, -0.1) is 0 Å². The van der Waals surface area contributed by atoms with Crippen LogP contribution in [-0.2, 0) is 9.09 Å². The molecule has 0 saturated carbocycles. The zero-order valence-electron chi connectivity index (χ0n) is 7.94. The third kappa shape index (κ3) is 5.96. The molecule has 2 atom stereocenters. The lowest BCUT2D eigenvalue weighted by molar-refractivity contribution is 0.205. The van der Waals surface area contributed by atoms with Crippen LogP contribution in [0.25, 0.3) is 0 Å².